The Morgan fingerprint density at radius 1 is 0.955 bits per heavy atom. The third-order valence-corrected chi connectivity index (χ3v) is 4.74. The number of hydrogen-bond donors (Lipinski definition) is 1. The smallest absolute Gasteiger partial charge is 0.234 e. The zero-order chi connectivity index (χ0) is 15.4. The molecule has 0 aromatic heterocycles. The van der Waals surface area contributed by atoms with Gasteiger partial charge in [0, 0.05) is 15.1 Å². The van der Waals surface area contributed by atoms with Crippen molar-refractivity contribution in [3.05, 3.63) is 71.2 Å². The number of rotatable bonds is 4. The maximum atomic E-state index is 12.0. The lowest BCUT2D eigenvalue weighted by Crippen LogP contribution is -2.13. The molecule has 1 amide bonds. The van der Waals surface area contributed by atoms with Crippen molar-refractivity contribution in [1.82, 2.24) is 0 Å². The van der Waals surface area contributed by atoms with Crippen LogP contribution in [0.5, 0.6) is 0 Å². The van der Waals surface area contributed by atoms with Gasteiger partial charge in [-0.2, -0.15) is 0 Å². The van der Waals surface area contributed by atoms with Gasteiger partial charge < -0.3 is 5.32 Å². The maximum Gasteiger partial charge on any atom is 0.234 e. The highest BCUT2D eigenvalue weighted by Gasteiger charge is 2.04. The van der Waals surface area contributed by atoms with Gasteiger partial charge in [-0.3, -0.25) is 4.79 Å². The SMILES string of the molecule is O=C(CSc1ccc2ccccc2c1)Nc1ccc(Br)cc1. The number of nitrogens with one attached hydrogen (secondary N) is 1. The number of carbonyl (C=O) groups is 1. The Balaban J connectivity index is 1.60. The van der Waals surface area contributed by atoms with E-state index in [4.69, 9.17) is 0 Å². The lowest BCUT2D eigenvalue weighted by Gasteiger charge is -2.06. The molecule has 22 heavy (non-hydrogen) atoms. The van der Waals surface area contributed by atoms with Crippen LogP contribution in [0.3, 0.4) is 0 Å². The van der Waals surface area contributed by atoms with E-state index in [-0.39, 0.29) is 5.91 Å². The van der Waals surface area contributed by atoms with Crippen LogP contribution in [0.1, 0.15) is 0 Å². The highest BCUT2D eigenvalue weighted by molar-refractivity contribution is 9.10. The van der Waals surface area contributed by atoms with Gasteiger partial charge in [-0.05, 0) is 47.2 Å². The maximum absolute atomic E-state index is 12.0. The number of fused-ring (bicyclic) bond motifs is 1. The van der Waals surface area contributed by atoms with Gasteiger partial charge >= 0.3 is 0 Å². The molecular formula is C18H14BrNOS. The molecule has 110 valence electrons. The minimum Gasteiger partial charge on any atom is -0.325 e. The second-order valence-electron chi connectivity index (χ2n) is 4.85. The summed E-state index contributed by atoms with van der Waals surface area (Å²) in [6.07, 6.45) is 0. The molecule has 0 aliphatic heterocycles. The van der Waals surface area contributed by atoms with Gasteiger partial charge in [0.05, 0.1) is 5.75 Å². The van der Waals surface area contributed by atoms with Crippen molar-refractivity contribution >= 4 is 50.1 Å². The van der Waals surface area contributed by atoms with E-state index in [0.717, 1.165) is 15.1 Å². The normalized spacial score (nSPS) is 10.6. The Labute approximate surface area is 142 Å². The number of carbonyl (C=O) groups excluding carboxylic acids is 1. The van der Waals surface area contributed by atoms with Crippen molar-refractivity contribution < 1.29 is 4.79 Å². The number of amides is 1. The van der Waals surface area contributed by atoms with E-state index in [1.165, 1.54) is 10.8 Å². The van der Waals surface area contributed by atoms with Crippen LogP contribution < -0.4 is 5.32 Å². The average molecular weight is 372 g/mol. The summed E-state index contributed by atoms with van der Waals surface area (Å²) in [7, 11) is 0. The van der Waals surface area contributed by atoms with Crippen LogP contribution in [0.15, 0.2) is 76.1 Å². The monoisotopic (exact) mass is 371 g/mol. The lowest BCUT2D eigenvalue weighted by atomic mass is 10.1. The van der Waals surface area contributed by atoms with E-state index in [1.54, 1.807) is 11.8 Å². The number of thioether (sulfide) groups is 1. The second-order valence-corrected chi connectivity index (χ2v) is 6.82. The first-order valence-electron chi connectivity index (χ1n) is 6.88. The topological polar surface area (TPSA) is 29.1 Å². The lowest BCUT2D eigenvalue weighted by molar-refractivity contribution is -0.113. The van der Waals surface area contributed by atoms with Crippen molar-refractivity contribution in [2.75, 3.05) is 11.1 Å². The number of anilines is 1. The predicted octanol–water partition coefficient (Wildman–Crippen LogP) is 5.33. The van der Waals surface area contributed by atoms with Gasteiger partial charge in [-0.1, -0.05) is 46.3 Å². The molecule has 0 spiro atoms. The Kier molecular flexibility index (Phi) is 4.80. The number of hydrogen-bond acceptors (Lipinski definition) is 2. The highest BCUT2D eigenvalue weighted by atomic mass is 79.9. The van der Waals surface area contributed by atoms with Gasteiger partial charge in [0.15, 0.2) is 0 Å². The third-order valence-electron chi connectivity index (χ3n) is 3.22. The van der Waals surface area contributed by atoms with Gasteiger partial charge in [0.2, 0.25) is 5.91 Å². The van der Waals surface area contributed by atoms with Crippen LogP contribution in [-0.4, -0.2) is 11.7 Å². The highest BCUT2D eigenvalue weighted by Crippen LogP contribution is 2.24. The first-order chi connectivity index (χ1) is 10.7. The van der Waals surface area contributed by atoms with E-state index in [2.05, 4.69) is 51.6 Å². The van der Waals surface area contributed by atoms with Crippen LogP contribution in [-0.2, 0) is 4.79 Å². The Hall–Kier alpha value is -1.78. The molecule has 3 aromatic rings. The summed E-state index contributed by atoms with van der Waals surface area (Å²) in [6.45, 7) is 0. The molecule has 3 rings (SSSR count). The molecule has 4 heteroatoms. The van der Waals surface area contributed by atoms with Crippen LogP contribution in [0.4, 0.5) is 5.69 Å². The fourth-order valence-corrected chi connectivity index (χ4v) is 3.15. The largest absolute Gasteiger partial charge is 0.325 e. The van der Waals surface area contributed by atoms with Crippen LogP contribution >= 0.6 is 27.7 Å². The zero-order valence-corrected chi connectivity index (χ0v) is 14.2. The molecule has 3 aromatic carbocycles. The molecule has 0 heterocycles. The van der Waals surface area contributed by atoms with Gasteiger partial charge in [0.1, 0.15) is 0 Å². The molecule has 0 aliphatic rings. The summed E-state index contributed by atoms with van der Waals surface area (Å²) in [4.78, 5) is 13.1. The summed E-state index contributed by atoms with van der Waals surface area (Å²) in [5, 5.41) is 5.31. The summed E-state index contributed by atoms with van der Waals surface area (Å²) < 4.78 is 0.996. The number of halogens is 1. The predicted molar refractivity (Wildman–Crippen MR) is 97.4 cm³/mol. The standard InChI is InChI=1S/C18H14BrNOS/c19-15-6-8-16(9-7-15)20-18(21)12-22-17-10-5-13-3-1-2-4-14(13)11-17/h1-11H,12H2,(H,20,21). The zero-order valence-electron chi connectivity index (χ0n) is 11.8. The van der Waals surface area contributed by atoms with Crippen LogP contribution in [0.25, 0.3) is 10.8 Å². The number of benzene rings is 3. The van der Waals surface area contributed by atoms with Crippen LogP contribution in [0.2, 0.25) is 0 Å². The summed E-state index contributed by atoms with van der Waals surface area (Å²) in [5.74, 6) is 0.398. The van der Waals surface area contributed by atoms with E-state index in [0.29, 0.717) is 5.75 Å². The van der Waals surface area contributed by atoms with Gasteiger partial charge in [0.25, 0.3) is 0 Å². The average Bonchev–Trinajstić information content (AvgIpc) is 2.55. The molecular weight excluding hydrogens is 358 g/mol. The van der Waals surface area contributed by atoms with E-state index in [9.17, 15) is 4.79 Å². The molecule has 2 nitrogen and oxygen atoms in total. The first-order valence-corrected chi connectivity index (χ1v) is 8.65. The van der Waals surface area contributed by atoms with Crippen molar-refractivity contribution in [3.63, 3.8) is 0 Å². The molecule has 0 saturated heterocycles. The fourth-order valence-electron chi connectivity index (χ4n) is 2.14. The Bertz CT molecular complexity index is 802. The van der Waals surface area contributed by atoms with Crippen molar-refractivity contribution in [3.8, 4) is 0 Å². The quantitative estimate of drug-likeness (QED) is 0.627. The van der Waals surface area contributed by atoms with E-state index >= 15 is 0 Å². The van der Waals surface area contributed by atoms with Crippen molar-refractivity contribution in [1.29, 1.82) is 0 Å². The van der Waals surface area contributed by atoms with Crippen LogP contribution in [0, 0.1) is 0 Å². The van der Waals surface area contributed by atoms with Crippen molar-refractivity contribution in [2.45, 2.75) is 4.90 Å². The fraction of sp³-hybridized carbons (Fsp3) is 0.0556. The second kappa shape index (κ2) is 6.99. The molecule has 0 bridgehead atoms. The molecule has 0 radical (unpaired) electrons. The minimum absolute atomic E-state index is 0.000445. The minimum atomic E-state index is 0.000445. The summed E-state index contributed by atoms with van der Waals surface area (Å²) >= 11 is 4.92. The van der Waals surface area contributed by atoms with E-state index < -0.39 is 0 Å². The van der Waals surface area contributed by atoms with Gasteiger partial charge in [-0.15, -0.1) is 11.8 Å². The molecule has 1 N–H and O–H groups in total. The Morgan fingerprint density at radius 2 is 1.68 bits per heavy atom. The third kappa shape index (κ3) is 3.90. The summed E-state index contributed by atoms with van der Waals surface area (Å²) in [6, 6.07) is 22.1. The van der Waals surface area contributed by atoms with Crippen molar-refractivity contribution in [2.24, 2.45) is 0 Å². The Morgan fingerprint density at radius 3 is 2.45 bits per heavy atom. The summed E-state index contributed by atoms with van der Waals surface area (Å²) in [5.41, 5.74) is 0.812. The van der Waals surface area contributed by atoms with E-state index in [1.807, 2.05) is 36.4 Å². The van der Waals surface area contributed by atoms with Gasteiger partial charge in [-0.25, -0.2) is 0 Å². The molecule has 0 atom stereocenters. The first kappa shape index (κ1) is 15.1. The molecule has 0 aliphatic carbocycles. The molecule has 0 unspecified atom stereocenters. The molecule has 0 fully saturated rings. The molecule has 0 saturated carbocycles.